The summed E-state index contributed by atoms with van der Waals surface area (Å²) in [4.78, 5) is 0. The Bertz CT molecular complexity index is 579. The van der Waals surface area contributed by atoms with E-state index in [1.165, 1.54) is 89.9 Å². The predicted molar refractivity (Wildman–Crippen MR) is 130 cm³/mol. The summed E-state index contributed by atoms with van der Waals surface area (Å²) in [5.74, 6) is -0.0710. The molecule has 0 saturated carbocycles. The summed E-state index contributed by atoms with van der Waals surface area (Å²) in [5.41, 5.74) is 0. The van der Waals surface area contributed by atoms with Crippen LogP contribution in [0.15, 0.2) is 24.3 Å². The lowest BCUT2D eigenvalue weighted by atomic mass is 9.91. The Morgan fingerprint density at radius 2 is 1.17 bits per heavy atom. The maximum Gasteiger partial charge on any atom is 0.277 e. The Balaban J connectivity index is 1.91. The second-order valence-electron chi connectivity index (χ2n) is 9.30. The summed E-state index contributed by atoms with van der Waals surface area (Å²) < 4.78 is 29.5. The Morgan fingerprint density at radius 1 is 0.733 bits per heavy atom. The highest BCUT2D eigenvalue weighted by Crippen LogP contribution is 2.33. The molecule has 0 aliphatic heterocycles. The largest absolute Gasteiger partial charge is 0.277 e. The van der Waals surface area contributed by atoms with Crippen molar-refractivity contribution >= 4 is 10.1 Å². The third kappa shape index (κ3) is 10.6. The van der Waals surface area contributed by atoms with Crippen molar-refractivity contribution in [3.8, 4) is 0 Å². The van der Waals surface area contributed by atoms with E-state index in [0.717, 1.165) is 12.8 Å². The van der Waals surface area contributed by atoms with Gasteiger partial charge in [-0.05, 0) is 19.3 Å². The molecule has 0 heterocycles. The van der Waals surface area contributed by atoms with Gasteiger partial charge in [-0.15, -0.1) is 0 Å². The summed E-state index contributed by atoms with van der Waals surface area (Å²) in [6.45, 7) is 6.26. The summed E-state index contributed by atoms with van der Waals surface area (Å²) in [7, 11) is -3.59. The lowest BCUT2D eigenvalue weighted by Crippen LogP contribution is -2.41. The molecule has 0 N–H and O–H groups in total. The van der Waals surface area contributed by atoms with Crippen LogP contribution in [0.1, 0.15) is 124 Å². The van der Waals surface area contributed by atoms with Crippen LogP contribution < -0.4 is 0 Å². The first-order valence-corrected chi connectivity index (χ1v) is 14.1. The molecule has 2 unspecified atom stereocenters. The van der Waals surface area contributed by atoms with E-state index < -0.39 is 14.9 Å². The normalized spacial score (nSPS) is 21.4. The Morgan fingerprint density at radius 3 is 1.60 bits per heavy atom. The molecular weight excluding hydrogens is 392 g/mol. The Labute approximate surface area is 187 Å². The maximum absolute atomic E-state index is 12.6. The monoisotopic (exact) mass is 440 g/mol. The molecule has 0 aromatic heterocycles. The quantitative estimate of drug-likeness (QED) is 0.150. The lowest BCUT2D eigenvalue weighted by molar-refractivity contribution is 0.288. The molecule has 0 saturated heterocycles. The average molecular weight is 441 g/mol. The first kappa shape index (κ1) is 27.4. The van der Waals surface area contributed by atoms with Gasteiger partial charge in [0.05, 0.1) is 6.61 Å². The summed E-state index contributed by atoms with van der Waals surface area (Å²) in [5, 5.41) is 0. The molecule has 0 bridgehead atoms. The second kappa shape index (κ2) is 16.1. The van der Waals surface area contributed by atoms with E-state index in [9.17, 15) is 8.42 Å². The SMILES string of the molecule is CCCCCCCCCCCCCCCCCCOS(=O)(=O)C1(C)C=CC=CC1C. The fraction of sp³-hybridized carbons (Fsp3) is 0.846. The highest BCUT2D eigenvalue weighted by molar-refractivity contribution is 7.88. The van der Waals surface area contributed by atoms with Crippen molar-refractivity contribution < 1.29 is 12.6 Å². The lowest BCUT2D eigenvalue weighted by Gasteiger charge is -2.31. The van der Waals surface area contributed by atoms with E-state index in [1.807, 2.05) is 19.1 Å². The highest BCUT2D eigenvalue weighted by Gasteiger charge is 2.42. The third-order valence-electron chi connectivity index (χ3n) is 6.62. The molecule has 1 aliphatic rings. The van der Waals surface area contributed by atoms with Gasteiger partial charge in [0.2, 0.25) is 0 Å². The molecule has 0 amide bonds. The van der Waals surface area contributed by atoms with Crippen LogP contribution in [0.4, 0.5) is 0 Å². The zero-order valence-electron chi connectivity index (χ0n) is 20.0. The first-order chi connectivity index (χ1) is 14.4. The number of hydrogen-bond donors (Lipinski definition) is 0. The van der Waals surface area contributed by atoms with Crippen molar-refractivity contribution in [1.82, 2.24) is 0 Å². The molecule has 0 aromatic carbocycles. The first-order valence-electron chi connectivity index (χ1n) is 12.7. The van der Waals surface area contributed by atoms with Crippen LogP contribution in [0.2, 0.25) is 0 Å². The minimum Gasteiger partial charge on any atom is -0.269 e. The summed E-state index contributed by atoms with van der Waals surface area (Å²) in [6.07, 6.45) is 28.4. The van der Waals surface area contributed by atoms with Crippen molar-refractivity contribution in [2.45, 2.75) is 128 Å². The third-order valence-corrected chi connectivity index (χ3v) is 8.68. The Kier molecular flexibility index (Phi) is 14.7. The van der Waals surface area contributed by atoms with Crippen molar-refractivity contribution in [3.63, 3.8) is 0 Å². The molecule has 30 heavy (non-hydrogen) atoms. The van der Waals surface area contributed by atoms with Gasteiger partial charge in [0.15, 0.2) is 0 Å². The highest BCUT2D eigenvalue weighted by atomic mass is 32.2. The van der Waals surface area contributed by atoms with Crippen LogP contribution in [0.25, 0.3) is 0 Å². The van der Waals surface area contributed by atoms with Gasteiger partial charge >= 0.3 is 0 Å². The van der Waals surface area contributed by atoms with Gasteiger partial charge in [0, 0.05) is 0 Å². The van der Waals surface area contributed by atoms with Crippen LogP contribution in [-0.2, 0) is 14.3 Å². The topological polar surface area (TPSA) is 43.4 Å². The number of allylic oxidation sites excluding steroid dienone is 3. The molecule has 176 valence electrons. The molecule has 1 rings (SSSR count). The van der Waals surface area contributed by atoms with Gasteiger partial charge in [-0.3, -0.25) is 4.18 Å². The van der Waals surface area contributed by atoms with Gasteiger partial charge in [0.1, 0.15) is 4.75 Å². The van der Waals surface area contributed by atoms with Crippen LogP contribution in [-0.4, -0.2) is 19.8 Å². The number of unbranched alkanes of at least 4 members (excludes halogenated alkanes) is 15. The average Bonchev–Trinajstić information content (AvgIpc) is 2.72. The van der Waals surface area contributed by atoms with Gasteiger partial charge < -0.3 is 0 Å². The predicted octanol–water partition coefficient (Wildman–Crippen LogP) is 8.12. The molecule has 0 aromatic rings. The van der Waals surface area contributed by atoms with Crippen LogP contribution >= 0.6 is 0 Å². The van der Waals surface area contributed by atoms with Gasteiger partial charge in [0.25, 0.3) is 10.1 Å². The van der Waals surface area contributed by atoms with E-state index in [2.05, 4.69) is 6.92 Å². The van der Waals surface area contributed by atoms with Crippen molar-refractivity contribution in [2.24, 2.45) is 5.92 Å². The van der Waals surface area contributed by atoms with E-state index in [4.69, 9.17) is 4.18 Å². The van der Waals surface area contributed by atoms with Crippen molar-refractivity contribution in [3.05, 3.63) is 24.3 Å². The van der Waals surface area contributed by atoms with E-state index >= 15 is 0 Å². The van der Waals surface area contributed by atoms with Crippen LogP contribution in [0.5, 0.6) is 0 Å². The van der Waals surface area contributed by atoms with Crippen molar-refractivity contribution in [2.75, 3.05) is 6.61 Å². The standard InChI is InChI=1S/C26H48O3S/c1-4-5-6-7-8-9-10-11-12-13-14-15-16-17-18-21-24-29-30(27,28)26(3)23-20-19-22-25(26)2/h19-20,22-23,25H,4-18,21,24H2,1-3H3. The molecule has 0 radical (unpaired) electrons. The Hall–Kier alpha value is -0.610. The molecule has 0 fully saturated rings. The maximum atomic E-state index is 12.6. The molecule has 2 atom stereocenters. The zero-order valence-corrected chi connectivity index (χ0v) is 20.9. The minimum absolute atomic E-state index is 0.0710. The molecular formula is C26H48O3S. The fourth-order valence-corrected chi connectivity index (χ4v) is 5.45. The molecule has 3 nitrogen and oxygen atoms in total. The molecule has 0 spiro atoms. The number of hydrogen-bond acceptors (Lipinski definition) is 3. The summed E-state index contributed by atoms with van der Waals surface area (Å²) in [6, 6.07) is 0. The zero-order chi connectivity index (χ0) is 22.1. The van der Waals surface area contributed by atoms with Crippen LogP contribution in [0, 0.1) is 5.92 Å². The smallest absolute Gasteiger partial charge is 0.269 e. The molecule has 4 heteroatoms. The van der Waals surface area contributed by atoms with E-state index in [-0.39, 0.29) is 5.92 Å². The fourth-order valence-electron chi connectivity index (χ4n) is 4.08. The van der Waals surface area contributed by atoms with Gasteiger partial charge in [-0.1, -0.05) is 134 Å². The molecule has 1 aliphatic carbocycles. The van der Waals surface area contributed by atoms with Crippen LogP contribution in [0.3, 0.4) is 0 Å². The minimum atomic E-state index is -3.59. The second-order valence-corrected chi connectivity index (χ2v) is 11.3. The van der Waals surface area contributed by atoms with Gasteiger partial charge in [-0.2, -0.15) is 8.42 Å². The van der Waals surface area contributed by atoms with E-state index in [1.54, 1.807) is 19.1 Å². The van der Waals surface area contributed by atoms with Crippen molar-refractivity contribution in [1.29, 1.82) is 0 Å². The number of rotatable bonds is 19. The van der Waals surface area contributed by atoms with E-state index in [0.29, 0.717) is 6.61 Å². The van der Waals surface area contributed by atoms with Gasteiger partial charge in [-0.25, -0.2) is 0 Å². The summed E-state index contributed by atoms with van der Waals surface area (Å²) >= 11 is 0.